The van der Waals surface area contributed by atoms with Crippen molar-refractivity contribution < 1.29 is 19.1 Å². The summed E-state index contributed by atoms with van der Waals surface area (Å²) in [6, 6.07) is 34.3. The van der Waals surface area contributed by atoms with Gasteiger partial charge in [0.15, 0.2) is 0 Å². The molecule has 0 spiro atoms. The number of nitrogens with zero attached hydrogens (tertiary/aromatic N) is 3. The molecule has 9 heteroatoms. The molecule has 240 valence electrons. The molecule has 1 unspecified atom stereocenters. The number of halogens is 1. The molecule has 0 bridgehead atoms. The molecule has 1 aliphatic rings. The van der Waals surface area contributed by atoms with Crippen LogP contribution in [0.15, 0.2) is 126 Å². The Balaban J connectivity index is 0.00000500. The van der Waals surface area contributed by atoms with Gasteiger partial charge < -0.3 is 19.7 Å². The van der Waals surface area contributed by atoms with Crippen LogP contribution in [0.2, 0.25) is 0 Å². The van der Waals surface area contributed by atoms with Crippen LogP contribution >= 0.6 is 12.4 Å². The quantitative estimate of drug-likeness (QED) is 0.178. The first-order valence-corrected chi connectivity index (χ1v) is 15.1. The van der Waals surface area contributed by atoms with Gasteiger partial charge in [0.1, 0.15) is 0 Å². The second-order valence-electron chi connectivity index (χ2n) is 11.1. The number of carbonyl (C=O) groups excluding carboxylic acids is 2. The SMILES string of the molecule is COC(=O)C1=C(C)NC(C)=C(C(=O)OCCc2ccc(N(Cc3ccccc3)Cc3ccccc3)cc2)C1c1cc(C#N)ccn1.Cl. The van der Waals surface area contributed by atoms with Gasteiger partial charge in [-0.1, -0.05) is 72.8 Å². The Morgan fingerprint density at radius 2 is 1.40 bits per heavy atom. The number of hydrogen-bond donors (Lipinski definition) is 1. The van der Waals surface area contributed by atoms with E-state index in [0.717, 1.165) is 24.3 Å². The van der Waals surface area contributed by atoms with Crippen LogP contribution in [-0.2, 0) is 38.6 Å². The van der Waals surface area contributed by atoms with Gasteiger partial charge in [0.2, 0.25) is 0 Å². The molecular formula is C38H37ClN4O4. The zero-order chi connectivity index (χ0) is 32.5. The highest BCUT2D eigenvalue weighted by Gasteiger charge is 2.38. The summed E-state index contributed by atoms with van der Waals surface area (Å²) >= 11 is 0. The van der Waals surface area contributed by atoms with Gasteiger partial charge in [-0.05, 0) is 54.8 Å². The number of allylic oxidation sites excluding steroid dienone is 2. The average Bonchev–Trinajstić information content (AvgIpc) is 3.08. The molecule has 0 radical (unpaired) electrons. The van der Waals surface area contributed by atoms with Crippen molar-refractivity contribution in [3.63, 3.8) is 0 Å². The molecule has 0 fully saturated rings. The van der Waals surface area contributed by atoms with Crippen molar-refractivity contribution >= 4 is 30.0 Å². The molecule has 0 saturated carbocycles. The van der Waals surface area contributed by atoms with Crippen LogP contribution in [0.3, 0.4) is 0 Å². The Labute approximate surface area is 281 Å². The highest BCUT2D eigenvalue weighted by atomic mass is 35.5. The summed E-state index contributed by atoms with van der Waals surface area (Å²) in [6.45, 7) is 5.17. The fourth-order valence-electron chi connectivity index (χ4n) is 5.68. The van der Waals surface area contributed by atoms with Gasteiger partial charge in [-0.3, -0.25) is 4.98 Å². The first-order valence-electron chi connectivity index (χ1n) is 15.1. The summed E-state index contributed by atoms with van der Waals surface area (Å²) in [4.78, 5) is 33.2. The molecule has 47 heavy (non-hydrogen) atoms. The summed E-state index contributed by atoms with van der Waals surface area (Å²) in [7, 11) is 1.29. The first-order chi connectivity index (χ1) is 22.4. The molecule has 0 saturated heterocycles. The summed E-state index contributed by atoms with van der Waals surface area (Å²) in [5.41, 5.74) is 6.91. The lowest BCUT2D eigenvalue weighted by Gasteiger charge is -2.29. The van der Waals surface area contributed by atoms with Crippen molar-refractivity contribution in [2.24, 2.45) is 0 Å². The number of ether oxygens (including phenoxy) is 2. The minimum absolute atomic E-state index is 0. The standard InChI is InChI=1S/C38H36N4O4.ClH/c1-26-34(37(43)45-3)36(33-22-31(23-39)18-20-40-33)35(27(2)41-26)38(44)46-21-19-28-14-16-32(17-15-28)42(24-29-10-6-4-7-11-29)25-30-12-8-5-9-13-30;/h4-18,20,22,36,41H,19,21,24-25H2,1-3H3;1H. The third kappa shape index (κ3) is 8.46. The van der Waals surface area contributed by atoms with Crippen molar-refractivity contribution in [3.05, 3.63) is 154 Å². The number of esters is 2. The van der Waals surface area contributed by atoms with E-state index in [1.165, 1.54) is 24.4 Å². The zero-order valence-electron chi connectivity index (χ0n) is 26.6. The summed E-state index contributed by atoms with van der Waals surface area (Å²) in [5.74, 6) is -2.01. The molecule has 2 heterocycles. The lowest BCUT2D eigenvalue weighted by atomic mass is 9.82. The van der Waals surface area contributed by atoms with E-state index in [4.69, 9.17) is 9.47 Å². The Hall–Kier alpha value is -5.39. The summed E-state index contributed by atoms with van der Waals surface area (Å²) in [6.07, 6.45) is 2.00. The van der Waals surface area contributed by atoms with Crippen molar-refractivity contribution in [2.45, 2.75) is 39.3 Å². The van der Waals surface area contributed by atoms with E-state index in [1.807, 2.05) is 12.1 Å². The number of anilines is 1. The van der Waals surface area contributed by atoms with Crippen molar-refractivity contribution in [1.29, 1.82) is 5.26 Å². The predicted octanol–water partition coefficient (Wildman–Crippen LogP) is 6.78. The molecule has 5 rings (SSSR count). The van der Waals surface area contributed by atoms with Crippen LogP contribution in [0.5, 0.6) is 0 Å². The van der Waals surface area contributed by atoms with Gasteiger partial charge in [0.05, 0.1) is 48.1 Å². The maximum Gasteiger partial charge on any atom is 0.336 e. The van der Waals surface area contributed by atoms with E-state index in [-0.39, 0.29) is 30.2 Å². The molecular weight excluding hydrogens is 612 g/mol. The number of benzene rings is 3. The smallest absolute Gasteiger partial charge is 0.336 e. The van der Waals surface area contributed by atoms with E-state index < -0.39 is 17.9 Å². The molecule has 0 aliphatic carbocycles. The minimum atomic E-state index is -0.853. The fourth-order valence-corrected chi connectivity index (χ4v) is 5.68. The van der Waals surface area contributed by atoms with Gasteiger partial charge in [-0.15, -0.1) is 12.4 Å². The third-order valence-corrected chi connectivity index (χ3v) is 7.95. The molecule has 1 aliphatic heterocycles. The van der Waals surface area contributed by atoms with Crippen LogP contribution in [0, 0.1) is 11.3 Å². The molecule has 4 aromatic rings. The highest BCUT2D eigenvalue weighted by molar-refractivity contribution is 5.99. The molecule has 1 N–H and O–H groups in total. The number of aromatic nitrogens is 1. The normalized spacial score (nSPS) is 14.0. The molecule has 8 nitrogen and oxygen atoms in total. The summed E-state index contributed by atoms with van der Waals surface area (Å²) in [5, 5.41) is 12.6. The number of nitriles is 1. The van der Waals surface area contributed by atoms with E-state index in [2.05, 4.69) is 94.1 Å². The molecule has 3 aromatic carbocycles. The van der Waals surface area contributed by atoms with Gasteiger partial charge in [0.25, 0.3) is 0 Å². The maximum atomic E-state index is 13.6. The number of carbonyl (C=O) groups is 2. The van der Waals surface area contributed by atoms with Crippen molar-refractivity contribution in [3.8, 4) is 6.07 Å². The molecule has 1 aromatic heterocycles. The van der Waals surface area contributed by atoms with Crippen LogP contribution in [-0.4, -0.2) is 30.6 Å². The lowest BCUT2D eigenvalue weighted by Crippen LogP contribution is -2.32. The number of methoxy groups -OCH3 is 1. The van der Waals surface area contributed by atoms with E-state index in [1.54, 1.807) is 26.0 Å². The third-order valence-electron chi connectivity index (χ3n) is 7.95. The predicted molar refractivity (Wildman–Crippen MR) is 183 cm³/mol. The minimum Gasteiger partial charge on any atom is -0.466 e. The number of hydrogen-bond acceptors (Lipinski definition) is 8. The second kappa shape index (κ2) is 16.3. The van der Waals surface area contributed by atoms with Gasteiger partial charge in [0, 0.05) is 42.8 Å². The number of nitrogens with one attached hydrogen (secondary N) is 1. The Bertz CT molecular complexity index is 1760. The largest absolute Gasteiger partial charge is 0.466 e. The average molecular weight is 649 g/mol. The van der Waals surface area contributed by atoms with E-state index >= 15 is 0 Å². The number of dihydropyridines is 1. The van der Waals surface area contributed by atoms with Crippen LogP contribution in [0.25, 0.3) is 0 Å². The Morgan fingerprint density at radius 1 is 0.830 bits per heavy atom. The van der Waals surface area contributed by atoms with Gasteiger partial charge in [-0.25, -0.2) is 9.59 Å². The molecule has 1 atom stereocenters. The van der Waals surface area contributed by atoms with Crippen molar-refractivity contribution in [2.75, 3.05) is 18.6 Å². The zero-order valence-corrected chi connectivity index (χ0v) is 27.4. The topological polar surface area (TPSA) is 105 Å². The van der Waals surface area contributed by atoms with E-state index in [9.17, 15) is 14.9 Å². The van der Waals surface area contributed by atoms with Crippen LogP contribution in [0.1, 0.15) is 47.7 Å². The van der Waals surface area contributed by atoms with Crippen LogP contribution in [0.4, 0.5) is 5.69 Å². The van der Waals surface area contributed by atoms with Gasteiger partial charge in [-0.2, -0.15) is 5.26 Å². The Kier molecular flexibility index (Phi) is 11.9. The monoisotopic (exact) mass is 648 g/mol. The highest BCUT2D eigenvalue weighted by Crippen LogP contribution is 2.38. The van der Waals surface area contributed by atoms with Crippen LogP contribution < -0.4 is 10.2 Å². The molecule has 0 amide bonds. The van der Waals surface area contributed by atoms with Crippen molar-refractivity contribution in [1.82, 2.24) is 10.3 Å². The first kappa shape index (κ1) is 34.5. The Morgan fingerprint density at radius 3 is 1.96 bits per heavy atom. The van der Waals surface area contributed by atoms with Gasteiger partial charge >= 0.3 is 11.9 Å². The fraction of sp³-hybridized carbons (Fsp3) is 0.211. The number of pyridine rings is 1. The maximum absolute atomic E-state index is 13.6. The number of rotatable bonds is 11. The van der Waals surface area contributed by atoms with E-state index in [0.29, 0.717) is 29.1 Å². The lowest BCUT2D eigenvalue weighted by molar-refractivity contribution is -0.139. The second-order valence-corrected chi connectivity index (χ2v) is 11.1. The summed E-state index contributed by atoms with van der Waals surface area (Å²) < 4.78 is 10.8.